The Hall–Kier alpha value is -1.84. The van der Waals surface area contributed by atoms with Crippen LogP contribution < -0.4 is 0 Å². The molecule has 0 spiro atoms. The number of carbonyl (C=O) groups is 2. The average molecular weight is 258 g/mol. The van der Waals surface area contributed by atoms with Gasteiger partial charge in [-0.1, -0.05) is 30.3 Å². The maximum Gasteiger partial charge on any atom is 0.245 e. The highest BCUT2D eigenvalue weighted by molar-refractivity contribution is 5.89. The Balaban J connectivity index is 1.72. The minimum Gasteiger partial charge on any atom is -0.335 e. The largest absolute Gasteiger partial charge is 0.335 e. The number of hydrogen-bond acceptors (Lipinski definition) is 2. The topological polar surface area (TPSA) is 40.6 Å². The van der Waals surface area contributed by atoms with E-state index in [1.165, 1.54) is 0 Å². The molecule has 1 unspecified atom stereocenters. The molecule has 2 fully saturated rings. The van der Waals surface area contributed by atoms with Gasteiger partial charge in [-0.25, -0.2) is 0 Å². The van der Waals surface area contributed by atoms with E-state index in [1.54, 1.807) is 4.90 Å². The van der Waals surface area contributed by atoms with Gasteiger partial charge in [0.15, 0.2) is 0 Å². The van der Waals surface area contributed by atoms with Crippen LogP contribution in [0.4, 0.5) is 0 Å². The first-order valence-electron chi connectivity index (χ1n) is 6.88. The number of hydrogen-bond donors (Lipinski definition) is 0. The third-order valence-corrected chi connectivity index (χ3v) is 3.99. The zero-order valence-electron chi connectivity index (χ0n) is 10.9. The summed E-state index contributed by atoms with van der Waals surface area (Å²) in [7, 11) is 0. The lowest BCUT2D eigenvalue weighted by molar-refractivity contribution is -0.155. The fourth-order valence-corrected chi connectivity index (χ4v) is 2.97. The Bertz CT molecular complexity index is 486. The fourth-order valence-electron chi connectivity index (χ4n) is 2.97. The van der Waals surface area contributed by atoms with E-state index in [9.17, 15) is 9.59 Å². The third-order valence-electron chi connectivity index (χ3n) is 3.99. The summed E-state index contributed by atoms with van der Waals surface area (Å²) in [6, 6.07) is 9.81. The van der Waals surface area contributed by atoms with Crippen LogP contribution in [0, 0.1) is 0 Å². The first-order chi connectivity index (χ1) is 9.25. The molecule has 0 radical (unpaired) electrons. The first-order valence-corrected chi connectivity index (χ1v) is 6.88. The highest BCUT2D eigenvalue weighted by atomic mass is 16.2. The predicted octanol–water partition coefficient (Wildman–Crippen LogP) is 1.41. The summed E-state index contributed by atoms with van der Waals surface area (Å²) in [4.78, 5) is 27.9. The highest BCUT2D eigenvalue weighted by Crippen LogP contribution is 2.24. The molecule has 0 N–H and O–H groups in total. The number of piperidine rings is 1. The summed E-state index contributed by atoms with van der Waals surface area (Å²) < 4.78 is 0. The number of carbonyl (C=O) groups excluding carboxylic acids is 2. The summed E-state index contributed by atoms with van der Waals surface area (Å²) in [6.45, 7) is 1.98. The van der Waals surface area contributed by atoms with Crippen LogP contribution in [0.2, 0.25) is 0 Å². The van der Waals surface area contributed by atoms with Crippen LogP contribution in [0.1, 0.15) is 24.8 Å². The average Bonchev–Trinajstić information content (AvgIpc) is 2.44. The summed E-state index contributed by atoms with van der Waals surface area (Å²) in [5, 5.41) is 0. The van der Waals surface area contributed by atoms with Crippen LogP contribution in [-0.2, 0) is 16.1 Å². The molecule has 1 aromatic rings. The molecule has 2 amide bonds. The van der Waals surface area contributed by atoms with Gasteiger partial charge in [-0.15, -0.1) is 0 Å². The van der Waals surface area contributed by atoms with Gasteiger partial charge >= 0.3 is 0 Å². The summed E-state index contributed by atoms with van der Waals surface area (Å²) >= 11 is 0. The minimum atomic E-state index is -0.210. The summed E-state index contributed by atoms with van der Waals surface area (Å²) in [6.07, 6.45) is 2.25. The van der Waals surface area contributed by atoms with E-state index in [4.69, 9.17) is 0 Å². The predicted molar refractivity (Wildman–Crippen MR) is 71.2 cm³/mol. The van der Waals surface area contributed by atoms with Crippen LogP contribution in [0.5, 0.6) is 0 Å². The van der Waals surface area contributed by atoms with Crippen molar-refractivity contribution in [2.24, 2.45) is 0 Å². The zero-order chi connectivity index (χ0) is 13.2. The van der Waals surface area contributed by atoms with Crippen LogP contribution in [0.3, 0.4) is 0 Å². The Morgan fingerprint density at radius 1 is 1.11 bits per heavy atom. The molecular weight excluding hydrogens is 240 g/mol. The Labute approximate surface area is 113 Å². The number of rotatable bonds is 2. The van der Waals surface area contributed by atoms with Crippen molar-refractivity contribution >= 4 is 11.8 Å². The molecule has 0 aliphatic carbocycles. The lowest BCUT2D eigenvalue weighted by Crippen LogP contribution is -2.59. The molecule has 2 aliphatic rings. The van der Waals surface area contributed by atoms with Crippen molar-refractivity contribution in [1.82, 2.24) is 9.80 Å². The van der Waals surface area contributed by atoms with Crippen molar-refractivity contribution in [3.63, 3.8) is 0 Å². The SMILES string of the molecule is O=C1C2CCCC(=O)N2CCN1Cc1ccccc1. The van der Waals surface area contributed by atoms with Crippen molar-refractivity contribution in [3.05, 3.63) is 35.9 Å². The van der Waals surface area contributed by atoms with Gasteiger partial charge in [-0.05, 0) is 18.4 Å². The van der Waals surface area contributed by atoms with Crippen molar-refractivity contribution in [3.8, 4) is 0 Å². The van der Waals surface area contributed by atoms with Crippen LogP contribution >= 0.6 is 0 Å². The van der Waals surface area contributed by atoms with Gasteiger partial charge in [0.1, 0.15) is 6.04 Å². The molecule has 100 valence electrons. The van der Waals surface area contributed by atoms with E-state index in [2.05, 4.69) is 0 Å². The lowest BCUT2D eigenvalue weighted by Gasteiger charge is -2.43. The number of piperazine rings is 1. The van der Waals surface area contributed by atoms with E-state index in [0.29, 0.717) is 26.1 Å². The number of fused-ring (bicyclic) bond motifs is 1. The molecule has 0 aromatic heterocycles. The van der Waals surface area contributed by atoms with Gasteiger partial charge in [0.05, 0.1) is 0 Å². The normalized spacial score (nSPS) is 23.5. The third kappa shape index (κ3) is 2.35. The number of nitrogens with zero attached hydrogens (tertiary/aromatic N) is 2. The monoisotopic (exact) mass is 258 g/mol. The molecule has 0 saturated carbocycles. The summed E-state index contributed by atoms with van der Waals surface area (Å²) in [5.74, 6) is 0.257. The van der Waals surface area contributed by atoms with Gasteiger partial charge in [-0.3, -0.25) is 9.59 Å². The van der Waals surface area contributed by atoms with Gasteiger partial charge < -0.3 is 9.80 Å². The van der Waals surface area contributed by atoms with E-state index < -0.39 is 0 Å². The van der Waals surface area contributed by atoms with Gasteiger partial charge in [0, 0.05) is 26.1 Å². The quantitative estimate of drug-likeness (QED) is 0.804. The van der Waals surface area contributed by atoms with Crippen LogP contribution in [-0.4, -0.2) is 40.7 Å². The van der Waals surface area contributed by atoms with Crippen molar-refractivity contribution in [2.75, 3.05) is 13.1 Å². The van der Waals surface area contributed by atoms with Gasteiger partial charge in [0.25, 0.3) is 0 Å². The molecule has 2 aliphatic heterocycles. The second-order valence-corrected chi connectivity index (χ2v) is 5.24. The molecular formula is C15H18N2O2. The molecule has 0 bridgehead atoms. The fraction of sp³-hybridized carbons (Fsp3) is 0.467. The molecule has 19 heavy (non-hydrogen) atoms. The summed E-state index contributed by atoms with van der Waals surface area (Å²) in [5.41, 5.74) is 1.14. The standard InChI is InChI=1S/C15H18N2O2/c18-14-8-4-7-13-15(19)16(9-10-17(13)14)11-12-5-2-1-3-6-12/h1-3,5-6,13H,4,7-11H2. The van der Waals surface area contributed by atoms with Crippen LogP contribution in [0.25, 0.3) is 0 Å². The minimum absolute atomic E-state index is 0.114. The Morgan fingerprint density at radius 2 is 1.89 bits per heavy atom. The van der Waals surface area contributed by atoms with E-state index >= 15 is 0 Å². The van der Waals surface area contributed by atoms with Crippen LogP contribution in [0.15, 0.2) is 30.3 Å². The smallest absolute Gasteiger partial charge is 0.245 e. The van der Waals surface area contributed by atoms with Crippen molar-refractivity contribution in [2.45, 2.75) is 31.8 Å². The number of amides is 2. The second kappa shape index (κ2) is 5.03. The van der Waals surface area contributed by atoms with Gasteiger partial charge in [-0.2, -0.15) is 0 Å². The molecule has 2 saturated heterocycles. The van der Waals surface area contributed by atoms with Crippen molar-refractivity contribution < 1.29 is 9.59 Å². The molecule has 4 heteroatoms. The second-order valence-electron chi connectivity index (χ2n) is 5.24. The maximum absolute atomic E-state index is 12.4. The zero-order valence-corrected chi connectivity index (χ0v) is 10.9. The van der Waals surface area contributed by atoms with Gasteiger partial charge in [0.2, 0.25) is 11.8 Å². The molecule has 1 aromatic carbocycles. The molecule has 2 heterocycles. The highest BCUT2D eigenvalue weighted by Gasteiger charge is 2.39. The number of benzene rings is 1. The molecule has 4 nitrogen and oxygen atoms in total. The Morgan fingerprint density at radius 3 is 2.68 bits per heavy atom. The molecule has 3 rings (SSSR count). The van der Waals surface area contributed by atoms with E-state index in [-0.39, 0.29) is 17.9 Å². The maximum atomic E-state index is 12.4. The van der Waals surface area contributed by atoms with E-state index in [0.717, 1.165) is 18.4 Å². The lowest BCUT2D eigenvalue weighted by atomic mass is 9.98. The molecule has 1 atom stereocenters. The first kappa shape index (κ1) is 12.2. The van der Waals surface area contributed by atoms with Crippen molar-refractivity contribution in [1.29, 1.82) is 0 Å². The van der Waals surface area contributed by atoms with E-state index in [1.807, 2.05) is 35.2 Å². The Kier molecular flexibility index (Phi) is 3.23.